The normalized spacial score (nSPS) is 10.8. The van der Waals surface area contributed by atoms with Gasteiger partial charge in [-0.3, -0.25) is 0 Å². The van der Waals surface area contributed by atoms with Crippen LogP contribution in [0.4, 0.5) is 0 Å². The summed E-state index contributed by atoms with van der Waals surface area (Å²) in [6.45, 7) is 5.85. The first-order valence-electron chi connectivity index (χ1n) is 5.02. The Kier molecular flexibility index (Phi) is 3.18. The Morgan fingerprint density at radius 1 is 1.53 bits per heavy atom. The molecule has 0 atom stereocenters. The van der Waals surface area contributed by atoms with Crippen molar-refractivity contribution < 1.29 is 4.52 Å². The fourth-order valence-electron chi connectivity index (χ4n) is 1.41. The maximum absolute atomic E-state index is 5.36. The number of thiophene rings is 1. The fraction of sp³-hybridized carbons (Fsp3) is 0.364. The zero-order valence-electron chi connectivity index (χ0n) is 8.91. The van der Waals surface area contributed by atoms with Gasteiger partial charge in [-0.25, -0.2) is 0 Å². The first-order valence-corrected chi connectivity index (χ1v) is 5.90. The van der Waals surface area contributed by atoms with Crippen LogP contribution in [-0.2, 0) is 6.54 Å². The second-order valence-electron chi connectivity index (χ2n) is 3.34. The van der Waals surface area contributed by atoms with Crippen LogP contribution in [0, 0.1) is 6.92 Å². The second-order valence-corrected chi connectivity index (χ2v) is 4.29. The van der Waals surface area contributed by atoms with Crippen molar-refractivity contribution >= 4 is 11.3 Å². The summed E-state index contributed by atoms with van der Waals surface area (Å²) in [4.78, 5) is 1.14. The lowest BCUT2D eigenvalue weighted by atomic mass is 10.2. The molecule has 80 valence electrons. The number of nitrogens with zero attached hydrogens (tertiary/aromatic N) is 1. The number of nitrogens with one attached hydrogen (secondary N) is 1. The predicted molar refractivity (Wildman–Crippen MR) is 61.9 cm³/mol. The van der Waals surface area contributed by atoms with Gasteiger partial charge in [0.15, 0.2) is 5.76 Å². The van der Waals surface area contributed by atoms with Crippen molar-refractivity contribution in [2.45, 2.75) is 20.4 Å². The SMILES string of the molecule is CCNCc1noc(-c2cccs2)c1C. The van der Waals surface area contributed by atoms with Gasteiger partial charge in [0.1, 0.15) is 5.69 Å². The van der Waals surface area contributed by atoms with Crippen LogP contribution in [0.5, 0.6) is 0 Å². The number of hydrogen-bond donors (Lipinski definition) is 1. The molecule has 0 saturated carbocycles. The molecule has 0 amide bonds. The number of hydrogen-bond acceptors (Lipinski definition) is 4. The van der Waals surface area contributed by atoms with E-state index in [0.29, 0.717) is 0 Å². The molecule has 0 saturated heterocycles. The summed E-state index contributed by atoms with van der Waals surface area (Å²) in [7, 11) is 0. The number of rotatable bonds is 4. The highest BCUT2D eigenvalue weighted by Gasteiger charge is 2.13. The van der Waals surface area contributed by atoms with E-state index in [0.717, 1.165) is 35.0 Å². The minimum Gasteiger partial charge on any atom is -0.355 e. The van der Waals surface area contributed by atoms with E-state index in [1.165, 1.54) is 0 Å². The average molecular weight is 222 g/mol. The molecule has 2 rings (SSSR count). The van der Waals surface area contributed by atoms with Crippen LogP contribution in [-0.4, -0.2) is 11.7 Å². The monoisotopic (exact) mass is 222 g/mol. The lowest BCUT2D eigenvalue weighted by Crippen LogP contribution is -2.12. The minimum absolute atomic E-state index is 0.775. The van der Waals surface area contributed by atoms with Crippen LogP contribution >= 0.6 is 11.3 Å². The van der Waals surface area contributed by atoms with Crippen LogP contribution in [0.2, 0.25) is 0 Å². The first kappa shape index (κ1) is 10.4. The molecule has 0 unspecified atom stereocenters. The molecule has 2 heterocycles. The van der Waals surface area contributed by atoms with Crippen molar-refractivity contribution in [1.82, 2.24) is 10.5 Å². The Hall–Kier alpha value is -1.13. The fourth-order valence-corrected chi connectivity index (χ4v) is 2.17. The van der Waals surface area contributed by atoms with Crippen LogP contribution < -0.4 is 5.32 Å². The minimum atomic E-state index is 0.775. The van der Waals surface area contributed by atoms with Crippen LogP contribution in [0.25, 0.3) is 10.6 Å². The van der Waals surface area contributed by atoms with Gasteiger partial charge >= 0.3 is 0 Å². The molecule has 15 heavy (non-hydrogen) atoms. The van der Waals surface area contributed by atoms with Gasteiger partial charge in [-0.05, 0) is 24.9 Å². The van der Waals surface area contributed by atoms with Gasteiger partial charge in [0.2, 0.25) is 0 Å². The summed E-state index contributed by atoms with van der Waals surface area (Å²) in [5.74, 6) is 0.901. The smallest absolute Gasteiger partial charge is 0.179 e. The largest absolute Gasteiger partial charge is 0.355 e. The third-order valence-electron chi connectivity index (χ3n) is 2.31. The molecule has 0 radical (unpaired) electrons. The Labute approximate surface area is 93.1 Å². The van der Waals surface area contributed by atoms with E-state index in [-0.39, 0.29) is 0 Å². The molecule has 2 aromatic rings. The molecule has 0 aliphatic rings. The molecular weight excluding hydrogens is 208 g/mol. The molecule has 0 aliphatic heterocycles. The molecule has 0 bridgehead atoms. The van der Waals surface area contributed by atoms with Crippen LogP contribution in [0.15, 0.2) is 22.0 Å². The van der Waals surface area contributed by atoms with Crippen LogP contribution in [0.1, 0.15) is 18.2 Å². The molecule has 3 nitrogen and oxygen atoms in total. The van der Waals surface area contributed by atoms with Gasteiger partial charge in [-0.15, -0.1) is 11.3 Å². The summed E-state index contributed by atoms with van der Waals surface area (Å²) < 4.78 is 5.36. The maximum atomic E-state index is 5.36. The lowest BCUT2D eigenvalue weighted by molar-refractivity contribution is 0.421. The maximum Gasteiger partial charge on any atom is 0.179 e. The van der Waals surface area contributed by atoms with Crippen molar-refractivity contribution in [2.24, 2.45) is 0 Å². The van der Waals surface area contributed by atoms with Gasteiger partial charge in [0.05, 0.1) is 4.88 Å². The Bertz CT molecular complexity index is 420. The zero-order valence-corrected chi connectivity index (χ0v) is 9.73. The summed E-state index contributed by atoms with van der Waals surface area (Å²) in [5.41, 5.74) is 2.14. The third-order valence-corrected chi connectivity index (χ3v) is 3.18. The van der Waals surface area contributed by atoms with Gasteiger partial charge in [-0.1, -0.05) is 18.1 Å². The van der Waals surface area contributed by atoms with E-state index < -0.39 is 0 Å². The van der Waals surface area contributed by atoms with Crippen molar-refractivity contribution in [3.05, 3.63) is 28.8 Å². The Morgan fingerprint density at radius 3 is 3.07 bits per heavy atom. The summed E-state index contributed by atoms with van der Waals surface area (Å²) in [6.07, 6.45) is 0. The van der Waals surface area contributed by atoms with E-state index in [2.05, 4.69) is 30.4 Å². The molecule has 0 aliphatic carbocycles. The summed E-state index contributed by atoms with van der Waals surface area (Å²) in [6, 6.07) is 4.07. The van der Waals surface area contributed by atoms with E-state index >= 15 is 0 Å². The molecule has 2 aromatic heterocycles. The predicted octanol–water partition coefficient (Wildman–Crippen LogP) is 2.82. The summed E-state index contributed by atoms with van der Waals surface area (Å²) >= 11 is 1.67. The van der Waals surface area contributed by atoms with E-state index in [4.69, 9.17) is 4.52 Å². The van der Waals surface area contributed by atoms with E-state index in [1.807, 2.05) is 11.4 Å². The average Bonchev–Trinajstić information content (AvgIpc) is 2.84. The third kappa shape index (κ3) is 2.11. The van der Waals surface area contributed by atoms with Gasteiger partial charge in [0.25, 0.3) is 0 Å². The molecule has 0 aromatic carbocycles. The lowest BCUT2D eigenvalue weighted by Gasteiger charge is -1.97. The van der Waals surface area contributed by atoms with E-state index in [1.54, 1.807) is 11.3 Å². The Balaban J connectivity index is 2.24. The van der Waals surface area contributed by atoms with Gasteiger partial charge < -0.3 is 9.84 Å². The molecule has 4 heteroatoms. The molecular formula is C11H14N2OS. The van der Waals surface area contributed by atoms with Crippen molar-refractivity contribution in [1.29, 1.82) is 0 Å². The topological polar surface area (TPSA) is 38.1 Å². The van der Waals surface area contributed by atoms with Crippen molar-refractivity contribution in [2.75, 3.05) is 6.54 Å². The van der Waals surface area contributed by atoms with Gasteiger partial charge in [0, 0.05) is 12.1 Å². The van der Waals surface area contributed by atoms with E-state index in [9.17, 15) is 0 Å². The first-order chi connectivity index (χ1) is 7.33. The molecule has 1 N–H and O–H groups in total. The van der Waals surface area contributed by atoms with Gasteiger partial charge in [-0.2, -0.15) is 0 Å². The molecule has 0 spiro atoms. The van der Waals surface area contributed by atoms with Crippen LogP contribution in [0.3, 0.4) is 0 Å². The van der Waals surface area contributed by atoms with Crippen molar-refractivity contribution in [3.8, 4) is 10.6 Å². The quantitative estimate of drug-likeness (QED) is 0.864. The number of aromatic nitrogens is 1. The Morgan fingerprint density at radius 2 is 2.40 bits per heavy atom. The zero-order chi connectivity index (χ0) is 10.7. The highest BCUT2D eigenvalue weighted by molar-refractivity contribution is 7.13. The standard InChI is InChI=1S/C11H14N2OS/c1-3-12-7-9-8(2)11(14-13-9)10-5-4-6-15-10/h4-6,12H,3,7H2,1-2H3. The highest BCUT2D eigenvalue weighted by atomic mass is 32.1. The van der Waals surface area contributed by atoms with Crippen molar-refractivity contribution in [3.63, 3.8) is 0 Å². The highest BCUT2D eigenvalue weighted by Crippen LogP contribution is 2.29. The molecule has 0 fully saturated rings. The summed E-state index contributed by atoms with van der Waals surface area (Å²) in [5, 5.41) is 9.37. The second kappa shape index (κ2) is 4.59.